The van der Waals surface area contributed by atoms with E-state index in [1.54, 1.807) is 19.5 Å². The lowest BCUT2D eigenvalue weighted by molar-refractivity contribution is 0.143. The molecule has 2 rings (SSSR count). The highest BCUT2D eigenvalue weighted by Gasteiger charge is 2.20. The maximum Gasteiger partial charge on any atom is 0.147 e. The second-order valence-electron chi connectivity index (χ2n) is 4.43. The zero-order chi connectivity index (χ0) is 12.1. The molecule has 94 valence electrons. The molecule has 0 aromatic carbocycles. The van der Waals surface area contributed by atoms with Crippen LogP contribution in [0.4, 0.5) is 5.82 Å². The Labute approximate surface area is 101 Å². The third-order valence-corrected chi connectivity index (χ3v) is 3.10. The zero-order valence-corrected chi connectivity index (χ0v) is 10.2. The van der Waals surface area contributed by atoms with E-state index in [9.17, 15) is 0 Å². The average Bonchev–Trinajstić information content (AvgIpc) is 2.40. The maximum atomic E-state index is 8.92. The number of nitrogens with zero attached hydrogens (tertiary/aromatic N) is 3. The Hall–Kier alpha value is -1.20. The molecule has 1 aromatic rings. The van der Waals surface area contributed by atoms with Gasteiger partial charge >= 0.3 is 0 Å². The van der Waals surface area contributed by atoms with Crippen LogP contribution in [0.1, 0.15) is 18.5 Å². The highest BCUT2D eigenvalue weighted by atomic mass is 16.5. The molecular weight excluding hydrogens is 218 g/mol. The third kappa shape index (κ3) is 3.14. The molecule has 1 unspecified atom stereocenters. The van der Waals surface area contributed by atoms with Crippen LogP contribution in [0.5, 0.6) is 0 Å². The summed E-state index contributed by atoms with van der Waals surface area (Å²) >= 11 is 0. The minimum atomic E-state index is -0.0560. The lowest BCUT2D eigenvalue weighted by Gasteiger charge is -2.33. The Morgan fingerprint density at radius 1 is 1.47 bits per heavy atom. The standard InChI is InChI=1S/C12H19N3O2/c1-17-9-10-3-2-4-15(7-10)12-6-13-11(8-16)5-14-12/h5-6,10,16H,2-4,7-9H2,1H3. The number of ether oxygens (including phenoxy) is 1. The van der Waals surface area contributed by atoms with E-state index in [0.717, 1.165) is 31.9 Å². The number of aromatic nitrogens is 2. The first-order chi connectivity index (χ1) is 8.33. The molecule has 0 saturated carbocycles. The summed E-state index contributed by atoms with van der Waals surface area (Å²) in [6, 6.07) is 0. The van der Waals surface area contributed by atoms with Crippen LogP contribution in [0.3, 0.4) is 0 Å². The summed E-state index contributed by atoms with van der Waals surface area (Å²) in [5.41, 5.74) is 0.610. The number of hydrogen-bond acceptors (Lipinski definition) is 5. The van der Waals surface area contributed by atoms with Crippen LogP contribution in [0, 0.1) is 5.92 Å². The summed E-state index contributed by atoms with van der Waals surface area (Å²) in [6.07, 6.45) is 5.75. The van der Waals surface area contributed by atoms with Gasteiger partial charge in [0.15, 0.2) is 0 Å². The summed E-state index contributed by atoms with van der Waals surface area (Å²) < 4.78 is 5.21. The number of anilines is 1. The van der Waals surface area contributed by atoms with Crippen molar-refractivity contribution in [3.8, 4) is 0 Å². The fourth-order valence-electron chi connectivity index (χ4n) is 2.24. The SMILES string of the molecule is COCC1CCCN(c2cnc(CO)cn2)C1. The van der Waals surface area contributed by atoms with Gasteiger partial charge in [-0.15, -0.1) is 0 Å². The largest absolute Gasteiger partial charge is 0.390 e. The first-order valence-corrected chi connectivity index (χ1v) is 5.99. The normalized spacial score (nSPS) is 20.6. The van der Waals surface area contributed by atoms with Crippen molar-refractivity contribution < 1.29 is 9.84 Å². The van der Waals surface area contributed by atoms with E-state index < -0.39 is 0 Å². The molecule has 1 N–H and O–H groups in total. The van der Waals surface area contributed by atoms with Gasteiger partial charge in [0.2, 0.25) is 0 Å². The second kappa shape index (κ2) is 5.93. The van der Waals surface area contributed by atoms with Crippen LogP contribution in [0.2, 0.25) is 0 Å². The molecule has 1 fully saturated rings. The number of rotatable bonds is 4. The quantitative estimate of drug-likeness (QED) is 0.840. The Kier molecular flexibility index (Phi) is 4.28. The number of hydrogen-bond donors (Lipinski definition) is 1. The number of methoxy groups -OCH3 is 1. The molecule has 17 heavy (non-hydrogen) atoms. The molecule has 2 heterocycles. The fourth-order valence-corrected chi connectivity index (χ4v) is 2.24. The van der Waals surface area contributed by atoms with E-state index >= 15 is 0 Å². The molecule has 0 radical (unpaired) electrons. The van der Waals surface area contributed by atoms with Gasteiger partial charge in [0, 0.05) is 20.2 Å². The van der Waals surface area contributed by atoms with Crippen molar-refractivity contribution >= 4 is 5.82 Å². The van der Waals surface area contributed by atoms with Crippen LogP contribution < -0.4 is 4.90 Å². The number of piperidine rings is 1. The fraction of sp³-hybridized carbons (Fsp3) is 0.667. The van der Waals surface area contributed by atoms with Gasteiger partial charge in [-0.3, -0.25) is 4.98 Å². The molecule has 1 atom stereocenters. The van der Waals surface area contributed by atoms with Crippen molar-refractivity contribution in [2.24, 2.45) is 5.92 Å². The lowest BCUT2D eigenvalue weighted by atomic mass is 9.99. The van der Waals surface area contributed by atoms with Crippen LogP contribution >= 0.6 is 0 Å². The van der Waals surface area contributed by atoms with Gasteiger partial charge in [-0.25, -0.2) is 4.98 Å². The van der Waals surface area contributed by atoms with Gasteiger partial charge in [0.1, 0.15) is 5.82 Å². The topological polar surface area (TPSA) is 58.5 Å². The van der Waals surface area contributed by atoms with Crippen molar-refractivity contribution in [3.05, 3.63) is 18.1 Å². The molecule has 0 aliphatic carbocycles. The zero-order valence-electron chi connectivity index (χ0n) is 10.2. The Morgan fingerprint density at radius 3 is 3.00 bits per heavy atom. The summed E-state index contributed by atoms with van der Waals surface area (Å²) in [6.45, 7) is 2.74. The minimum absolute atomic E-state index is 0.0560. The molecule has 1 aliphatic heterocycles. The number of aliphatic hydroxyl groups is 1. The van der Waals surface area contributed by atoms with Crippen LogP contribution in [-0.4, -0.2) is 41.9 Å². The van der Waals surface area contributed by atoms with Gasteiger partial charge in [0.25, 0.3) is 0 Å². The van der Waals surface area contributed by atoms with E-state index in [0.29, 0.717) is 11.6 Å². The van der Waals surface area contributed by atoms with Crippen molar-refractivity contribution in [1.82, 2.24) is 9.97 Å². The van der Waals surface area contributed by atoms with Crippen molar-refractivity contribution in [2.45, 2.75) is 19.4 Å². The van der Waals surface area contributed by atoms with Crippen molar-refractivity contribution in [2.75, 3.05) is 31.7 Å². The molecule has 1 aromatic heterocycles. The molecule has 0 spiro atoms. The highest BCUT2D eigenvalue weighted by molar-refractivity contribution is 5.36. The Balaban J connectivity index is 2.00. The second-order valence-corrected chi connectivity index (χ2v) is 4.43. The lowest BCUT2D eigenvalue weighted by Crippen LogP contribution is -2.37. The molecular formula is C12H19N3O2. The maximum absolute atomic E-state index is 8.92. The van der Waals surface area contributed by atoms with Crippen molar-refractivity contribution in [1.29, 1.82) is 0 Å². The molecule has 1 saturated heterocycles. The summed E-state index contributed by atoms with van der Waals surface area (Å²) in [4.78, 5) is 10.7. The van der Waals surface area contributed by atoms with Gasteiger partial charge in [-0.05, 0) is 18.8 Å². The Morgan fingerprint density at radius 2 is 2.35 bits per heavy atom. The van der Waals surface area contributed by atoms with E-state index in [1.807, 2.05) is 0 Å². The smallest absolute Gasteiger partial charge is 0.147 e. The van der Waals surface area contributed by atoms with Gasteiger partial charge in [-0.1, -0.05) is 0 Å². The predicted octanol–water partition coefficient (Wildman–Crippen LogP) is 0.832. The summed E-state index contributed by atoms with van der Waals surface area (Å²) in [5.74, 6) is 1.47. The van der Waals surface area contributed by atoms with Crippen molar-refractivity contribution in [3.63, 3.8) is 0 Å². The number of aliphatic hydroxyl groups excluding tert-OH is 1. The van der Waals surface area contributed by atoms with E-state index in [1.165, 1.54) is 6.42 Å². The average molecular weight is 237 g/mol. The van der Waals surface area contributed by atoms with Gasteiger partial charge < -0.3 is 14.7 Å². The van der Waals surface area contributed by atoms with Crippen LogP contribution in [-0.2, 0) is 11.3 Å². The first kappa shape index (κ1) is 12.3. The van der Waals surface area contributed by atoms with E-state index in [-0.39, 0.29) is 6.61 Å². The van der Waals surface area contributed by atoms with Crippen LogP contribution in [0.25, 0.3) is 0 Å². The monoisotopic (exact) mass is 237 g/mol. The first-order valence-electron chi connectivity index (χ1n) is 5.99. The Bertz CT molecular complexity index is 340. The molecule has 5 heteroatoms. The molecule has 5 nitrogen and oxygen atoms in total. The van der Waals surface area contributed by atoms with Gasteiger partial charge in [-0.2, -0.15) is 0 Å². The van der Waals surface area contributed by atoms with Gasteiger partial charge in [0.05, 0.1) is 31.3 Å². The van der Waals surface area contributed by atoms with E-state index in [4.69, 9.17) is 9.84 Å². The molecule has 0 amide bonds. The molecule has 1 aliphatic rings. The summed E-state index contributed by atoms with van der Waals surface area (Å²) in [5, 5.41) is 8.92. The van der Waals surface area contributed by atoms with Crippen LogP contribution in [0.15, 0.2) is 12.4 Å². The highest BCUT2D eigenvalue weighted by Crippen LogP contribution is 2.21. The van der Waals surface area contributed by atoms with E-state index in [2.05, 4.69) is 14.9 Å². The molecule has 0 bridgehead atoms. The third-order valence-electron chi connectivity index (χ3n) is 3.10. The predicted molar refractivity (Wildman–Crippen MR) is 64.8 cm³/mol. The summed E-state index contributed by atoms with van der Waals surface area (Å²) in [7, 11) is 1.74. The minimum Gasteiger partial charge on any atom is -0.390 e.